The molecule has 0 saturated carbocycles. The summed E-state index contributed by atoms with van der Waals surface area (Å²) in [4.78, 5) is 0. The lowest BCUT2D eigenvalue weighted by molar-refractivity contribution is 0.344. The molecule has 0 aliphatic rings. The first kappa shape index (κ1) is 16.4. The molecule has 5 nitrogen and oxygen atoms in total. The molecule has 0 radical (unpaired) electrons. The molecule has 0 saturated heterocycles. The molecule has 24 heavy (non-hydrogen) atoms. The van der Waals surface area contributed by atoms with Crippen molar-refractivity contribution in [2.75, 3.05) is 12.4 Å². The molecule has 0 spiro atoms. The van der Waals surface area contributed by atoms with E-state index in [1.165, 1.54) is 0 Å². The minimum absolute atomic E-state index is 0.212. The highest BCUT2D eigenvalue weighted by molar-refractivity contribution is 7.99. The first-order chi connectivity index (χ1) is 11.8. The lowest BCUT2D eigenvalue weighted by Gasteiger charge is -2.09. The molecule has 3 aromatic rings. The lowest BCUT2D eigenvalue weighted by Crippen LogP contribution is -2.03. The van der Waals surface area contributed by atoms with Crippen LogP contribution >= 0.6 is 11.8 Å². The van der Waals surface area contributed by atoms with Gasteiger partial charge in [0, 0.05) is 12.3 Å². The van der Waals surface area contributed by atoms with Gasteiger partial charge in [0.25, 0.3) is 0 Å². The van der Waals surface area contributed by atoms with Gasteiger partial charge < -0.3 is 14.4 Å². The standard InChI is InChI=1S/C18H19N3O2S/c1-2-21-17(15-10-6-7-11-16(15)22)19-20-18(21)24-13-12-23-14-8-4-3-5-9-14/h3-11,22H,2,12-13H2,1H3. The number of thioether (sulfide) groups is 1. The minimum atomic E-state index is 0.212. The Kier molecular flexibility index (Phi) is 5.38. The minimum Gasteiger partial charge on any atom is -0.507 e. The zero-order chi connectivity index (χ0) is 16.8. The van der Waals surface area contributed by atoms with Gasteiger partial charge in [0.1, 0.15) is 11.5 Å². The zero-order valence-corrected chi connectivity index (χ0v) is 14.2. The van der Waals surface area contributed by atoms with Gasteiger partial charge in [-0.2, -0.15) is 0 Å². The highest BCUT2D eigenvalue weighted by Gasteiger charge is 2.15. The number of aromatic hydroxyl groups is 1. The number of nitrogens with zero attached hydrogens (tertiary/aromatic N) is 3. The van der Waals surface area contributed by atoms with Gasteiger partial charge in [0.2, 0.25) is 0 Å². The Balaban J connectivity index is 1.65. The van der Waals surface area contributed by atoms with Crippen LogP contribution in [0, 0.1) is 0 Å². The monoisotopic (exact) mass is 341 g/mol. The van der Waals surface area contributed by atoms with E-state index in [1.807, 2.05) is 54.0 Å². The van der Waals surface area contributed by atoms with Crippen molar-refractivity contribution in [3.8, 4) is 22.9 Å². The average Bonchev–Trinajstić information content (AvgIpc) is 3.02. The van der Waals surface area contributed by atoms with Crippen molar-refractivity contribution in [3.63, 3.8) is 0 Å². The van der Waals surface area contributed by atoms with Gasteiger partial charge in [-0.15, -0.1) is 10.2 Å². The average molecular weight is 341 g/mol. The molecule has 0 aliphatic carbocycles. The highest BCUT2D eigenvalue weighted by Crippen LogP contribution is 2.29. The van der Waals surface area contributed by atoms with Crippen LogP contribution in [0.5, 0.6) is 11.5 Å². The Morgan fingerprint density at radius 1 is 1.04 bits per heavy atom. The first-order valence-corrected chi connectivity index (χ1v) is 8.80. The van der Waals surface area contributed by atoms with Gasteiger partial charge in [0.15, 0.2) is 11.0 Å². The van der Waals surface area contributed by atoms with Crippen molar-refractivity contribution < 1.29 is 9.84 Å². The van der Waals surface area contributed by atoms with E-state index < -0.39 is 0 Å². The third-order valence-electron chi connectivity index (χ3n) is 3.50. The number of aromatic nitrogens is 3. The van der Waals surface area contributed by atoms with E-state index in [0.29, 0.717) is 18.0 Å². The Morgan fingerprint density at radius 3 is 2.54 bits per heavy atom. The molecule has 0 fully saturated rings. The Labute approximate surface area is 145 Å². The maximum Gasteiger partial charge on any atom is 0.191 e. The van der Waals surface area contributed by atoms with E-state index in [9.17, 15) is 5.11 Å². The highest BCUT2D eigenvalue weighted by atomic mass is 32.2. The zero-order valence-electron chi connectivity index (χ0n) is 13.4. The summed E-state index contributed by atoms with van der Waals surface area (Å²) in [6.45, 7) is 3.37. The maximum atomic E-state index is 10.0. The van der Waals surface area contributed by atoms with Crippen molar-refractivity contribution in [1.82, 2.24) is 14.8 Å². The molecule has 0 aliphatic heterocycles. The summed E-state index contributed by atoms with van der Waals surface area (Å²) < 4.78 is 7.70. The van der Waals surface area contributed by atoms with E-state index in [1.54, 1.807) is 23.9 Å². The summed E-state index contributed by atoms with van der Waals surface area (Å²) in [6.07, 6.45) is 0. The summed E-state index contributed by atoms with van der Waals surface area (Å²) in [6, 6.07) is 16.9. The number of phenols is 1. The first-order valence-electron chi connectivity index (χ1n) is 7.82. The largest absolute Gasteiger partial charge is 0.507 e. The number of para-hydroxylation sites is 2. The van der Waals surface area contributed by atoms with Crippen molar-refractivity contribution in [2.24, 2.45) is 0 Å². The van der Waals surface area contributed by atoms with Crippen LogP contribution in [0.25, 0.3) is 11.4 Å². The molecular weight excluding hydrogens is 322 g/mol. The van der Waals surface area contributed by atoms with Crippen LogP contribution < -0.4 is 4.74 Å². The second kappa shape index (κ2) is 7.88. The SMILES string of the molecule is CCn1c(SCCOc2ccccc2)nnc1-c1ccccc1O. The summed E-state index contributed by atoms with van der Waals surface area (Å²) in [5.74, 6) is 2.53. The smallest absolute Gasteiger partial charge is 0.191 e. The van der Waals surface area contributed by atoms with Crippen LogP contribution in [-0.2, 0) is 6.54 Å². The van der Waals surface area contributed by atoms with Gasteiger partial charge in [-0.1, -0.05) is 42.1 Å². The van der Waals surface area contributed by atoms with Crippen molar-refractivity contribution in [2.45, 2.75) is 18.6 Å². The van der Waals surface area contributed by atoms with Crippen LogP contribution in [0.3, 0.4) is 0 Å². The molecule has 1 N–H and O–H groups in total. The number of phenolic OH excluding ortho intramolecular Hbond substituents is 1. The predicted molar refractivity (Wildman–Crippen MR) is 95.5 cm³/mol. The molecule has 1 aromatic heterocycles. The van der Waals surface area contributed by atoms with Crippen molar-refractivity contribution in [3.05, 3.63) is 54.6 Å². The lowest BCUT2D eigenvalue weighted by atomic mass is 10.2. The molecule has 0 atom stereocenters. The quantitative estimate of drug-likeness (QED) is 0.522. The number of hydrogen-bond donors (Lipinski definition) is 1. The Bertz CT molecular complexity index is 790. The van der Waals surface area contributed by atoms with Gasteiger partial charge in [-0.25, -0.2) is 0 Å². The van der Waals surface area contributed by atoms with E-state index in [4.69, 9.17) is 4.74 Å². The summed E-state index contributed by atoms with van der Waals surface area (Å²) >= 11 is 1.59. The topological polar surface area (TPSA) is 60.2 Å². The summed E-state index contributed by atoms with van der Waals surface area (Å²) in [7, 11) is 0. The number of rotatable bonds is 7. The van der Waals surface area contributed by atoms with Gasteiger partial charge >= 0.3 is 0 Å². The molecule has 6 heteroatoms. The van der Waals surface area contributed by atoms with Crippen LogP contribution in [0.1, 0.15) is 6.92 Å². The van der Waals surface area contributed by atoms with Crippen LogP contribution in [-0.4, -0.2) is 32.2 Å². The molecule has 0 bridgehead atoms. The normalized spacial score (nSPS) is 10.7. The number of hydrogen-bond acceptors (Lipinski definition) is 5. The van der Waals surface area contributed by atoms with E-state index in [0.717, 1.165) is 23.2 Å². The van der Waals surface area contributed by atoms with Crippen molar-refractivity contribution >= 4 is 11.8 Å². The molecular formula is C18H19N3O2S. The van der Waals surface area contributed by atoms with Crippen LogP contribution in [0.2, 0.25) is 0 Å². The van der Waals surface area contributed by atoms with Gasteiger partial charge in [0.05, 0.1) is 12.2 Å². The molecule has 3 rings (SSSR count). The third kappa shape index (κ3) is 3.71. The number of benzene rings is 2. The molecule has 124 valence electrons. The van der Waals surface area contributed by atoms with Gasteiger partial charge in [-0.05, 0) is 31.2 Å². The third-order valence-corrected chi connectivity index (χ3v) is 4.44. The number of ether oxygens (including phenoxy) is 1. The second-order valence-electron chi connectivity index (χ2n) is 5.08. The molecule has 0 unspecified atom stereocenters. The fraction of sp³-hybridized carbons (Fsp3) is 0.222. The van der Waals surface area contributed by atoms with Crippen molar-refractivity contribution in [1.29, 1.82) is 0 Å². The summed E-state index contributed by atoms with van der Waals surface area (Å²) in [5.41, 5.74) is 0.694. The van der Waals surface area contributed by atoms with Gasteiger partial charge in [-0.3, -0.25) is 0 Å². The second-order valence-corrected chi connectivity index (χ2v) is 6.14. The van der Waals surface area contributed by atoms with Crippen LogP contribution in [0.15, 0.2) is 59.8 Å². The fourth-order valence-corrected chi connectivity index (χ4v) is 3.17. The van der Waals surface area contributed by atoms with E-state index >= 15 is 0 Å². The Morgan fingerprint density at radius 2 is 1.79 bits per heavy atom. The van der Waals surface area contributed by atoms with Crippen LogP contribution in [0.4, 0.5) is 0 Å². The molecule has 2 aromatic carbocycles. The Hall–Kier alpha value is -2.47. The molecule has 0 amide bonds. The molecule has 1 heterocycles. The predicted octanol–water partition coefficient (Wildman–Crippen LogP) is 3.84. The summed E-state index contributed by atoms with van der Waals surface area (Å²) in [5, 5.41) is 19.4. The van der Waals surface area contributed by atoms with E-state index in [-0.39, 0.29) is 5.75 Å². The fourth-order valence-electron chi connectivity index (χ4n) is 2.35. The van der Waals surface area contributed by atoms with E-state index in [2.05, 4.69) is 10.2 Å². The maximum absolute atomic E-state index is 10.0.